The van der Waals surface area contributed by atoms with E-state index in [2.05, 4.69) is 17.1 Å². The third-order valence-electron chi connectivity index (χ3n) is 3.91. The van der Waals surface area contributed by atoms with E-state index < -0.39 is 6.10 Å². The molecule has 1 aromatic heterocycles. The van der Waals surface area contributed by atoms with E-state index in [-0.39, 0.29) is 5.89 Å². The van der Waals surface area contributed by atoms with Gasteiger partial charge in [-0.15, -0.1) is 10.2 Å². The highest BCUT2D eigenvalue weighted by molar-refractivity contribution is 5.66. The Morgan fingerprint density at radius 2 is 1.84 bits per heavy atom. The topological polar surface area (TPSA) is 68.4 Å². The van der Waals surface area contributed by atoms with E-state index in [4.69, 9.17) is 9.15 Å². The summed E-state index contributed by atoms with van der Waals surface area (Å²) in [7, 11) is 0. The maximum Gasteiger partial charge on any atom is 0.249 e. The zero-order chi connectivity index (χ0) is 17.6. The zero-order valence-corrected chi connectivity index (χ0v) is 14.5. The Hall–Kier alpha value is -2.66. The van der Waals surface area contributed by atoms with Gasteiger partial charge in [0.2, 0.25) is 11.8 Å². The fraction of sp³-hybridized carbons (Fsp3) is 0.300. The Morgan fingerprint density at radius 3 is 2.56 bits per heavy atom. The first-order chi connectivity index (χ1) is 12.2. The Morgan fingerprint density at radius 1 is 1.08 bits per heavy atom. The summed E-state index contributed by atoms with van der Waals surface area (Å²) in [5.41, 5.74) is 2.73. The molecule has 1 atom stereocenters. The second-order valence-corrected chi connectivity index (χ2v) is 5.92. The van der Waals surface area contributed by atoms with E-state index in [0.717, 1.165) is 36.3 Å². The lowest BCUT2D eigenvalue weighted by molar-refractivity contribution is 0.181. The largest absolute Gasteiger partial charge is 0.494 e. The van der Waals surface area contributed by atoms with Gasteiger partial charge in [0, 0.05) is 6.92 Å². The molecule has 0 fully saturated rings. The molecular weight excluding hydrogens is 316 g/mol. The summed E-state index contributed by atoms with van der Waals surface area (Å²) >= 11 is 0. The van der Waals surface area contributed by atoms with Gasteiger partial charge in [0.1, 0.15) is 5.75 Å². The van der Waals surface area contributed by atoms with Gasteiger partial charge in [-0.3, -0.25) is 0 Å². The molecule has 0 aliphatic heterocycles. The molecule has 130 valence electrons. The van der Waals surface area contributed by atoms with E-state index >= 15 is 0 Å². The van der Waals surface area contributed by atoms with Gasteiger partial charge >= 0.3 is 0 Å². The third-order valence-corrected chi connectivity index (χ3v) is 3.91. The van der Waals surface area contributed by atoms with Crippen molar-refractivity contribution in [2.45, 2.75) is 32.8 Å². The lowest BCUT2D eigenvalue weighted by Crippen LogP contribution is -2.00. The number of hydrogen-bond acceptors (Lipinski definition) is 5. The molecule has 0 spiro atoms. The molecule has 2 aromatic carbocycles. The van der Waals surface area contributed by atoms with Gasteiger partial charge in [0.15, 0.2) is 6.10 Å². The Bertz CT molecular complexity index is 829. The maximum absolute atomic E-state index is 10.5. The molecule has 0 bridgehead atoms. The molecule has 5 heteroatoms. The SMILES string of the molecule is CCCCOc1cccc(-c2cccc(C(O)c3nnc(C)o3)c2)c1. The molecule has 0 aliphatic carbocycles. The van der Waals surface area contributed by atoms with Crippen molar-refractivity contribution in [3.8, 4) is 16.9 Å². The quantitative estimate of drug-likeness (QED) is 0.650. The Labute approximate surface area is 147 Å². The van der Waals surface area contributed by atoms with Crippen molar-refractivity contribution in [1.82, 2.24) is 10.2 Å². The number of hydrogen-bond donors (Lipinski definition) is 1. The van der Waals surface area contributed by atoms with Crippen LogP contribution >= 0.6 is 0 Å². The lowest BCUT2D eigenvalue weighted by Gasteiger charge is -2.11. The number of unbranched alkanes of at least 4 members (excludes halogenated alkanes) is 1. The summed E-state index contributed by atoms with van der Waals surface area (Å²) in [5.74, 6) is 1.48. The number of nitrogens with zero attached hydrogens (tertiary/aromatic N) is 2. The summed E-state index contributed by atoms with van der Waals surface area (Å²) < 4.78 is 11.1. The summed E-state index contributed by atoms with van der Waals surface area (Å²) in [6.45, 7) is 4.56. The fourth-order valence-electron chi connectivity index (χ4n) is 2.55. The molecule has 5 nitrogen and oxygen atoms in total. The van der Waals surface area contributed by atoms with Crippen molar-refractivity contribution < 1.29 is 14.3 Å². The lowest BCUT2D eigenvalue weighted by atomic mass is 10.0. The first-order valence-electron chi connectivity index (χ1n) is 8.48. The van der Waals surface area contributed by atoms with Crippen LogP contribution in [0, 0.1) is 6.92 Å². The van der Waals surface area contributed by atoms with Crippen LogP contribution in [0.5, 0.6) is 5.75 Å². The molecule has 0 saturated heterocycles. The van der Waals surface area contributed by atoms with Crippen molar-refractivity contribution in [2.75, 3.05) is 6.61 Å². The maximum atomic E-state index is 10.5. The number of aromatic nitrogens is 2. The zero-order valence-electron chi connectivity index (χ0n) is 14.5. The van der Waals surface area contributed by atoms with Gasteiger partial charge in [-0.2, -0.15) is 0 Å². The molecule has 3 aromatic rings. The minimum atomic E-state index is -0.940. The average Bonchev–Trinajstić information content (AvgIpc) is 3.08. The van der Waals surface area contributed by atoms with Crippen LogP contribution in [-0.4, -0.2) is 21.9 Å². The van der Waals surface area contributed by atoms with Crippen molar-refractivity contribution in [2.24, 2.45) is 0 Å². The highest BCUT2D eigenvalue weighted by Gasteiger charge is 2.17. The number of aryl methyl sites for hydroxylation is 1. The molecule has 0 saturated carbocycles. The smallest absolute Gasteiger partial charge is 0.249 e. The molecule has 1 unspecified atom stereocenters. The van der Waals surface area contributed by atoms with Crippen molar-refractivity contribution in [1.29, 1.82) is 0 Å². The monoisotopic (exact) mass is 338 g/mol. The van der Waals surface area contributed by atoms with E-state index in [1.54, 1.807) is 6.92 Å². The Balaban J connectivity index is 1.82. The summed E-state index contributed by atoms with van der Waals surface area (Å²) in [4.78, 5) is 0. The van der Waals surface area contributed by atoms with Crippen LogP contribution < -0.4 is 4.74 Å². The molecular formula is C20H22N2O3. The van der Waals surface area contributed by atoms with Crippen molar-refractivity contribution in [3.63, 3.8) is 0 Å². The van der Waals surface area contributed by atoms with Crippen LogP contribution in [0.15, 0.2) is 52.9 Å². The molecule has 1 heterocycles. The number of rotatable bonds is 7. The van der Waals surface area contributed by atoms with Gasteiger partial charge in [-0.05, 0) is 41.3 Å². The number of aliphatic hydroxyl groups is 1. The van der Waals surface area contributed by atoms with Crippen LogP contribution in [0.1, 0.15) is 43.2 Å². The van der Waals surface area contributed by atoms with Crippen molar-refractivity contribution >= 4 is 0 Å². The van der Waals surface area contributed by atoms with Gasteiger partial charge in [0.05, 0.1) is 6.61 Å². The second-order valence-electron chi connectivity index (χ2n) is 5.92. The van der Waals surface area contributed by atoms with Gasteiger partial charge < -0.3 is 14.3 Å². The molecule has 25 heavy (non-hydrogen) atoms. The third kappa shape index (κ3) is 4.25. The van der Waals surface area contributed by atoms with Gasteiger partial charge in [-0.1, -0.05) is 43.7 Å². The van der Waals surface area contributed by atoms with E-state index in [1.165, 1.54) is 0 Å². The van der Waals surface area contributed by atoms with Gasteiger partial charge in [-0.25, -0.2) is 0 Å². The van der Waals surface area contributed by atoms with E-state index in [1.807, 2.05) is 48.5 Å². The fourth-order valence-corrected chi connectivity index (χ4v) is 2.55. The van der Waals surface area contributed by atoms with Crippen LogP contribution in [0.2, 0.25) is 0 Å². The first kappa shape index (κ1) is 17.2. The number of aliphatic hydroxyl groups excluding tert-OH is 1. The minimum Gasteiger partial charge on any atom is -0.494 e. The predicted octanol–water partition coefficient (Wildman–Crippen LogP) is 4.31. The average molecular weight is 338 g/mol. The Kier molecular flexibility index (Phi) is 5.46. The minimum absolute atomic E-state index is 0.200. The first-order valence-corrected chi connectivity index (χ1v) is 8.48. The van der Waals surface area contributed by atoms with Crippen LogP contribution in [-0.2, 0) is 0 Å². The molecule has 0 amide bonds. The molecule has 0 aliphatic rings. The normalized spacial score (nSPS) is 12.1. The van der Waals surface area contributed by atoms with Gasteiger partial charge in [0.25, 0.3) is 0 Å². The standard InChI is InChI=1S/C20H22N2O3/c1-3-4-11-24-18-10-6-8-16(13-18)15-7-5-9-17(12-15)19(23)20-22-21-14(2)25-20/h5-10,12-13,19,23H,3-4,11H2,1-2H3. The highest BCUT2D eigenvalue weighted by Crippen LogP contribution is 2.28. The van der Waals surface area contributed by atoms with E-state index in [0.29, 0.717) is 11.5 Å². The van der Waals surface area contributed by atoms with Crippen molar-refractivity contribution in [3.05, 3.63) is 65.9 Å². The summed E-state index contributed by atoms with van der Waals surface area (Å²) in [6.07, 6.45) is 1.20. The van der Waals surface area contributed by atoms with Crippen LogP contribution in [0.3, 0.4) is 0 Å². The molecule has 1 N–H and O–H groups in total. The van der Waals surface area contributed by atoms with Crippen LogP contribution in [0.25, 0.3) is 11.1 Å². The predicted molar refractivity (Wildman–Crippen MR) is 95.4 cm³/mol. The number of benzene rings is 2. The molecule has 0 radical (unpaired) electrons. The van der Waals surface area contributed by atoms with Crippen LogP contribution in [0.4, 0.5) is 0 Å². The highest BCUT2D eigenvalue weighted by atomic mass is 16.5. The van der Waals surface area contributed by atoms with E-state index in [9.17, 15) is 5.11 Å². The summed E-state index contributed by atoms with van der Waals surface area (Å²) in [5, 5.41) is 18.1. The number of ether oxygens (including phenoxy) is 1. The molecule has 3 rings (SSSR count). The summed E-state index contributed by atoms with van der Waals surface area (Å²) in [6, 6.07) is 15.6. The second kappa shape index (κ2) is 7.94.